The van der Waals surface area contributed by atoms with Crippen LogP contribution in [-0.4, -0.2) is 53.9 Å². The Hall–Kier alpha value is -1.08. The van der Waals surface area contributed by atoms with Crippen molar-refractivity contribution < 1.29 is 19.1 Å². The number of carbonyl (C=O) groups is 3. The Labute approximate surface area is 147 Å². The van der Waals surface area contributed by atoms with E-state index in [1.54, 1.807) is 6.92 Å². The molecule has 3 atom stereocenters. The summed E-state index contributed by atoms with van der Waals surface area (Å²) in [6, 6.07) is 0.485. The Morgan fingerprint density at radius 2 is 1.92 bits per heavy atom. The molecule has 2 amide bonds. The van der Waals surface area contributed by atoms with Crippen LogP contribution in [0.15, 0.2) is 0 Å². The van der Waals surface area contributed by atoms with Crippen LogP contribution in [0, 0.1) is 0 Å². The molecule has 0 unspecified atom stereocenters. The molecule has 2 aliphatic heterocycles. The molecule has 2 heterocycles. The van der Waals surface area contributed by atoms with Crippen LogP contribution in [0.4, 0.5) is 4.79 Å². The number of ether oxygens (including phenoxy) is 1. The number of carbonyl (C=O) groups excluding carboxylic acids is 3. The van der Waals surface area contributed by atoms with Crippen LogP contribution >= 0.6 is 11.8 Å². The van der Waals surface area contributed by atoms with Gasteiger partial charge in [-0.2, -0.15) is 11.8 Å². The zero-order valence-corrected chi connectivity index (χ0v) is 15.2. The number of amides is 2. The highest BCUT2D eigenvalue weighted by molar-refractivity contribution is 8.00. The zero-order valence-electron chi connectivity index (χ0n) is 14.3. The fourth-order valence-corrected chi connectivity index (χ4v) is 4.67. The third kappa shape index (κ3) is 6.43. The topological polar surface area (TPSA) is 84.5 Å². The van der Waals surface area contributed by atoms with Gasteiger partial charge < -0.3 is 15.4 Å². The van der Waals surface area contributed by atoms with Gasteiger partial charge in [-0.1, -0.05) is 6.42 Å². The number of nitrogens with one attached hydrogen (secondary N) is 2. The minimum absolute atomic E-state index is 0.0454. The fraction of sp³-hybridized carbons (Fsp3) is 0.824. The third-order valence-corrected chi connectivity index (χ3v) is 5.98. The third-order valence-electron chi connectivity index (χ3n) is 4.48. The molecule has 0 aromatic heterocycles. The SMILES string of the molecule is CC(=O)CCOCCCC(=O)CCCC[C@@H]1SC[C@@H]2NC(=O)N[C@@H]21. The molecule has 0 aliphatic carbocycles. The number of urea groups is 1. The van der Waals surface area contributed by atoms with Crippen LogP contribution in [0.5, 0.6) is 0 Å². The van der Waals surface area contributed by atoms with Crippen LogP contribution in [0.2, 0.25) is 0 Å². The van der Waals surface area contributed by atoms with Crippen molar-refractivity contribution in [2.45, 2.75) is 69.2 Å². The van der Waals surface area contributed by atoms with Gasteiger partial charge in [-0.05, 0) is 26.2 Å². The van der Waals surface area contributed by atoms with Crippen molar-refractivity contribution in [2.75, 3.05) is 19.0 Å². The summed E-state index contributed by atoms with van der Waals surface area (Å²) in [7, 11) is 0. The maximum absolute atomic E-state index is 11.8. The van der Waals surface area contributed by atoms with Crippen molar-refractivity contribution in [3.8, 4) is 0 Å². The number of hydrogen-bond acceptors (Lipinski definition) is 5. The number of ketones is 2. The molecule has 24 heavy (non-hydrogen) atoms. The van der Waals surface area contributed by atoms with Gasteiger partial charge in [0.25, 0.3) is 0 Å². The molecule has 2 aliphatic rings. The Bertz CT molecular complexity index is 458. The molecule has 2 fully saturated rings. The van der Waals surface area contributed by atoms with Crippen molar-refractivity contribution in [1.82, 2.24) is 10.6 Å². The molecular formula is C17H28N2O4S. The number of Topliss-reactive ketones (excluding diaryl/α,β-unsaturated/α-hetero) is 2. The standard InChI is InChI=1S/C17H28N2O4S/c1-12(20)8-10-23-9-4-6-13(21)5-2-3-7-15-16-14(11-24-15)18-17(22)19-16/h14-16H,2-11H2,1H3,(H2,18,19,22)/t14-,15-,16-/m0/s1. The first-order valence-corrected chi connectivity index (χ1v) is 9.88. The van der Waals surface area contributed by atoms with E-state index in [-0.39, 0.29) is 29.7 Å². The molecule has 6 nitrogen and oxygen atoms in total. The lowest BCUT2D eigenvalue weighted by atomic mass is 10.0. The van der Waals surface area contributed by atoms with Crippen molar-refractivity contribution >= 4 is 29.4 Å². The summed E-state index contributed by atoms with van der Waals surface area (Å²) < 4.78 is 5.32. The van der Waals surface area contributed by atoms with E-state index in [2.05, 4.69) is 10.6 Å². The first-order valence-electron chi connectivity index (χ1n) is 8.84. The zero-order chi connectivity index (χ0) is 17.4. The minimum Gasteiger partial charge on any atom is -0.381 e. The highest BCUT2D eigenvalue weighted by Crippen LogP contribution is 2.33. The van der Waals surface area contributed by atoms with Gasteiger partial charge in [-0.3, -0.25) is 9.59 Å². The molecule has 2 N–H and O–H groups in total. The Morgan fingerprint density at radius 1 is 1.12 bits per heavy atom. The van der Waals surface area contributed by atoms with E-state index in [1.807, 2.05) is 11.8 Å². The average Bonchev–Trinajstić information content (AvgIpc) is 3.06. The molecular weight excluding hydrogens is 328 g/mol. The lowest BCUT2D eigenvalue weighted by Crippen LogP contribution is -2.36. The van der Waals surface area contributed by atoms with Crippen LogP contribution in [0.3, 0.4) is 0 Å². The van der Waals surface area contributed by atoms with Crippen LogP contribution in [-0.2, 0) is 14.3 Å². The van der Waals surface area contributed by atoms with Gasteiger partial charge in [0.05, 0.1) is 18.7 Å². The first-order chi connectivity index (χ1) is 11.6. The molecule has 136 valence electrons. The normalized spacial score (nSPS) is 25.2. The fourth-order valence-electron chi connectivity index (χ4n) is 3.13. The van der Waals surface area contributed by atoms with E-state index in [0.29, 0.717) is 37.7 Å². The largest absolute Gasteiger partial charge is 0.381 e. The van der Waals surface area contributed by atoms with Gasteiger partial charge in [0.2, 0.25) is 0 Å². The lowest BCUT2D eigenvalue weighted by Gasteiger charge is -2.16. The Morgan fingerprint density at radius 3 is 2.71 bits per heavy atom. The lowest BCUT2D eigenvalue weighted by molar-refractivity contribution is -0.120. The van der Waals surface area contributed by atoms with E-state index >= 15 is 0 Å². The summed E-state index contributed by atoms with van der Waals surface area (Å²) in [6.45, 7) is 2.55. The average molecular weight is 356 g/mol. The molecule has 0 spiro atoms. The summed E-state index contributed by atoms with van der Waals surface area (Å²) in [5.41, 5.74) is 0. The highest BCUT2D eigenvalue weighted by Gasteiger charge is 2.42. The molecule has 0 bridgehead atoms. The summed E-state index contributed by atoms with van der Waals surface area (Å²) in [5, 5.41) is 6.41. The molecule has 2 rings (SSSR count). The van der Waals surface area contributed by atoms with Gasteiger partial charge in [0.15, 0.2) is 0 Å². The molecule has 7 heteroatoms. The molecule has 0 saturated carbocycles. The van der Waals surface area contributed by atoms with E-state index < -0.39 is 0 Å². The van der Waals surface area contributed by atoms with E-state index in [4.69, 9.17) is 4.74 Å². The second kappa shape index (κ2) is 10.0. The van der Waals surface area contributed by atoms with Crippen molar-refractivity contribution in [2.24, 2.45) is 0 Å². The number of thioether (sulfide) groups is 1. The van der Waals surface area contributed by atoms with Gasteiger partial charge in [-0.25, -0.2) is 4.79 Å². The first kappa shape index (κ1) is 19.2. The summed E-state index contributed by atoms with van der Waals surface area (Å²) in [6.07, 6.45) is 5.36. The van der Waals surface area contributed by atoms with E-state index in [1.165, 1.54) is 0 Å². The van der Waals surface area contributed by atoms with Gasteiger partial charge in [0, 0.05) is 36.9 Å². The second-order valence-electron chi connectivity index (χ2n) is 6.57. The van der Waals surface area contributed by atoms with Crippen LogP contribution in [0.25, 0.3) is 0 Å². The predicted molar refractivity (Wildman–Crippen MR) is 94.3 cm³/mol. The maximum Gasteiger partial charge on any atom is 0.315 e. The molecule has 0 aromatic rings. The monoisotopic (exact) mass is 356 g/mol. The van der Waals surface area contributed by atoms with Gasteiger partial charge in [0.1, 0.15) is 11.6 Å². The van der Waals surface area contributed by atoms with Gasteiger partial charge >= 0.3 is 6.03 Å². The van der Waals surface area contributed by atoms with Crippen LogP contribution in [0.1, 0.15) is 51.9 Å². The Balaban J connectivity index is 1.45. The summed E-state index contributed by atoms with van der Waals surface area (Å²) in [5.74, 6) is 1.40. The number of fused-ring (bicyclic) bond motifs is 1. The minimum atomic E-state index is -0.0454. The van der Waals surface area contributed by atoms with Crippen molar-refractivity contribution in [3.63, 3.8) is 0 Å². The quantitative estimate of drug-likeness (QED) is 0.413. The molecule has 0 radical (unpaired) electrons. The van der Waals surface area contributed by atoms with Crippen molar-refractivity contribution in [1.29, 1.82) is 0 Å². The van der Waals surface area contributed by atoms with Crippen LogP contribution < -0.4 is 10.6 Å². The maximum atomic E-state index is 11.8. The number of hydrogen-bond donors (Lipinski definition) is 2. The highest BCUT2D eigenvalue weighted by atomic mass is 32.2. The number of rotatable bonds is 12. The molecule has 0 aromatic carbocycles. The van der Waals surface area contributed by atoms with Gasteiger partial charge in [-0.15, -0.1) is 0 Å². The summed E-state index contributed by atoms with van der Waals surface area (Å²) >= 11 is 1.92. The number of unbranched alkanes of at least 4 members (excludes halogenated alkanes) is 1. The predicted octanol–water partition coefficient (Wildman–Crippen LogP) is 2.06. The smallest absolute Gasteiger partial charge is 0.315 e. The summed E-state index contributed by atoms with van der Waals surface area (Å²) in [4.78, 5) is 33.9. The second-order valence-corrected chi connectivity index (χ2v) is 7.85. The molecule has 2 saturated heterocycles. The van der Waals surface area contributed by atoms with Crippen molar-refractivity contribution in [3.05, 3.63) is 0 Å². The van der Waals surface area contributed by atoms with E-state index in [9.17, 15) is 14.4 Å². The van der Waals surface area contributed by atoms with E-state index in [0.717, 1.165) is 31.4 Å². The Kier molecular flexibility index (Phi) is 8.05.